The first kappa shape index (κ1) is 15.9. The lowest BCUT2D eigenvalue weighted by Crippen LogP contribution is -2.37. The summed E-state index contributed by atoms with van der Waals surface area (Å²) in [5.41, 5.74) is 8.25. The van der Waals surface area contributed by atoms with E-state index in [2.05, 4.69) is 20.1 Å². The van der Waals surface area contributed by atoms with Crippen LogP contribution in [0.15, 0.2) is 31.0 Å². The molecule has 8 nitrogen and oxygen atoms in total. The Balaban J connectivity index is 2.08. The van der Waals surface area contributed by atoms with Crippen LogP contribution in [0.4, 0.5) is 5.82 Å². The predicted molar refractivity (Wildman–Crippen MR) is 90.3 cm³/mol. The molecule has 0 bridgehead atoms. The van der Waals surface area contributed by atoms with E-state index in [1.807, 2.05) is 20.8 Å². The molecule has 0 saturated heterocycles. The van der Waals surface area contributed by atoms with Gasteiger partial charge >= 0.3 is 0 Å². The van der Waals surface area contributed by atoms with Crippen LogP contribution in [0.3, 0.4) is 0 Å². The molecule has 3 rings (SSSR count). The van der Waals surface area contributed by atoms with Crippen molar-refractivity contribution in [3.8, 4) is 11.3 Å². The maximum absolute atomic E-state index is 12.8. The summed E-state index contributed by atoms with van der Waals surface area (Å²) < 4.78 is 1.52. The highest BCUT2D eigenvalue weighted by atomic mass is 16.2. The molecular formula is C16H19N7O. The summed E-state index contributed by atoms with van der Waals surface area (Å²) in [7, 11) is 0. The van der Waals surface area contributed by atoms with E-state index in [9.17, 15) is 4.79 Å². The van der Waals surface area contributed by atoms with E-state index in [0.717, 1.165) is 11.3 Å². The molecule has 0 fully saturated rings. The Labute approximate surface area is 139 Å². The average molecular weight is 325 g/mol. The van der Waals surface area contributed by atoms with Gasteiger partial charge in [-0.1, -0.05) is 0 Å². The molecule has 3 aromatic rings. The fraction of sp³-hybridized carbons (Fsp3) is 0.312. The molecule has 3 aromatic heterocycles. The molecule has 0 aromatic carbocycles. The topological polar surface area (TPSA) is 102 Å². The molecule has 0 radical (unpaired) electrons. The van der Waals surface area contributed by atoms with E-state index in [1.165, 1.54) is 10.8 Å². The van der Waals surface area contributed by atoms with Crippen LogP contribution in [0.1, 0.15) is 31.1 Å². The number of nitrogen functional groups attached to an aromatic ring is 1. The van der Waals surface area contributed by atoms with E-state index < -0.39 is 0 Å². The second kappa shape index (κ2) is 6.23. The van der Waals surface area contributed by atoms with Crippen molar-refractivity contribution < 1.29 is 4.79 Å². The molecule has 1 amide bonds. The first-order chi connectivity index (χ1) is 11.5. The van der Waals surface area contributed by atoms with Crippen LogP contribution in [0, 0.1) is 0 Å². The van der Waals surface area contributed by atoms with Crippen molar-refractivity contribution in [3.05, 3.63) is 36.5 Å². The molecule has 0 unspecified atom stereocenters. The SMILES string of the molecule is CCN(C(=O)c1c(N)nn2cc(-c3ccncn3)cnc12)C(C)C. The summed E-state index contributed by atoms with van der Waals surface area (Å²) >= 11 is 0. The number of anilines is 1. The molecule has 8 heteroatoms. The fourth-order valence-corrected chi connectivity index (χ4v) is 2.64. The lowest BCUT2D eigenvalue weighted by Gasteiger charge is -2.24. The van der Waals surface area contributed by atoms with Gasteiger partial charge in [0.05, 0.1) is 5.69 Å². The van der Waals surface area contributed by atoms with Gasteiger partial charge in [-0.25, -0.2) is 19.5 Å². The number of rotatable bonds is 4. The van der Waals surface area contributed by atoms with Gasteiger partial charge in [-0.05, 0) is 26.8 Å². The monoisotopic (exact) mass is 325 g/mol. The molecular weight excluding hydrogens is 306 g/mol. The van der Waals surface area contributed by atoms with Crippen LogP contribution in [-0.4, -0.2) is 48.0 Å². The summed E-state index contributed by atoms with van der Waals surface area (Å²) in [6, 6.07) is 1.84. The number of aromatic nitrogens is 5. The maximum Gasteiger partial charge on any atom is 0.261 e. The summed E-state index contributed by atoms with van der Waals surface area (Å²) in [5, 5.41) is 4.24. The van der Waals surface area contributed by atoms with Crippen molar-refractivity contribution in [2.45, 2.75) is 26.8 Å². The second-order valence-electron chi connectivity index (χ2n) is 5.65. The minimum Gasteiger partial charge on any atom is -0.381 e. The molecule has 0 saturated carbocycles. The average Bonchev–Trinajstić information content (AvgIpc) is 2.90. The first-order valence-corrected chi connectivity index (χ1v) is 7.74. The molecule has 2 N–H and O–H groups in total. The van der Waals surface area contributed by atoms with Crippen molar-refractivity contribution in [1.29, 1.82) is 0 Å². The fourth-order valence-electron chi connectivity index (χ4n) is 2.64. The third-order valence-corrected chi connectivity index (χ3v) is 3.82. The minimum absolute atomic E-state index is 0.0668. The normalized spacial score (nSPS) is 11.2. The van der Waals surface area contributed by atoms with E-state index in [0.29, 0.717) is 17.8 Å². The van der Waals surface area contributed by atoms with Crippen LogP contribution in [0.2, 0.25) is 0 Å². The zero-order chi connectivity index (χ0) is 17.3. The highest BCUT2D eigenvalue weighted by Gasteiger charge is 2.25. The molecule has 0 aliphatic carbocycles. The van der Waals surface area contributed by atoms with Gasteiger partial charge in [0.15, 0.2) is 11.5 Å². The molecule has 24 heavy (non-hydrogen) atoms. The largest absolute Gasteiger partial charge is 0.381 e. The van der Waals surface area contributed by atoms with Crippen molar-refractivity contribution >= 4 is 17.4 Å². The lowest BCUT2D eigenvalue weighted by molar-refractivity contribution is 0.0719. The van der Waals surface area contributed by atoms with Crippen molar-refractivity contribution in [3.63, 3.8) is 0 Å². The van der Waals surface area contributed by atoms with E-state index >= 15 is 0 Å². The minimum atomic E-state index is -0.165. The van der Waals surface area contributed by atoms with Crippen LogP contribution >= 0.6 is 0 Å². The summed E-state index contributed by atoms with van der Waals surface area (Å²) in [4.78, 5) is 27.0. The highest BCUT2D eigenvalue weighted by Crippen LogP contribution is 2.22. The molecule has 0 aliphatic rings. The third kappa shape index (κ3) is 2.66. The van der Waals surface area contributed by atoms with E-state index in [1.54, 1.807) is 29.6 Å². The van der Waals surface area contributed by atoms with Gasteiger partial charge in [0.2, 0.25) is 0 Å². The quantitative estimate of drug-likeness (QED) is 0.782. The third-order valence-electron chi connectivity index (χ3n) is 3.82. The van der Waals surface area contributed by atoms with Gasteiger partial charge in [0, 0.05) is 36.7 Å². The predicted octanol–water partition coefficient (Wildman–Crippen LogP) is 1.64. The van der Waals surface area contributed by atoms with Crippen molar-refractivity contribution in [1.82, 2.24) is 29.5 Å². The first-order valence-electron chi connectivity index (χ1n) is 7.74. The standard InChI is InChI=1S/C16H19N7O/c1-4-22(10(2)3)16(24)13-14(17)21-23-8-11(7-19-15(13)23)12-5-6-18-9-20-12/h5-10H,4H2,1-3H3,(H2,17,21). The smallest absolute Gasteiger partial charge is 0.261 e. The number of carbonyl (C=O) groups is 1. The Morgan fingerprint density at radius 2 is 2.17 bits per heavy atom. The Bertz CT molecular complexity index is 873. The van der Waals surface area contributed by atoms with Gasteiger partial charge in [0.1, 0.15) is 11.9 Å². The maximum atomic E-state index is 12.8. The Morgan fingerprint density at radius 3 is 2.79 bits per heavy atom. The van der Waals surface area contributed by atoms with Gasteiger partial charge < -0.3 is 10.6 Å². The molecule has 0 aliphatic heterocycles. The van der Waals surface area contributed by atoms with Gasteiger partial charge in [0.25, 0.3) is 5.91 Å². The lowest BCUT2D eigenvalue weighted by atomic mass is 10.2. The summed E-state index contributed by atoms with van der Waals surface area (Å²) in [5.74, 6) is 0.00808. The highest BCUT2D eigenvalue weighted by molar-refractivity contribution is 6.04. The van der Waals surface area contributed by atoms with Crippen molar-refractivity contribution in [2.75, 3.05) is 12.3 Å². The molecule has 124 valence electrons. The summed E-state index contributed by atoms with van der Waals surface area (Å²) in [6.45, 7) is 6.45. The van der Waals surface area contributed by atoms with Crippen LogP contribution in [0.25, 0.3) is 16.9 Å². The van der Waals surface area contributed by atoms with Crippen LogP contribution in [0.5, 0.6) is 0 Å². The van der Waals surface area contributed by atoms with Gasteiger partial charge in [-0.3, -0.25) is 4.79 Å². The zero-order valence-corrected chi connectivity index (χ0v) is 13.8. The van der Waals surface area contributed by atoms with Crippen LogP contribution < -0.4 is 5.73 Å². The van der Waals surface area contributed by atoms with E-state index in [4.69, 9.17) is 5.73 Å². The van der Waals surface area contributed by atoms with Gasteiger partial charge in [-0.2, -0.15) is 0 Å². The number of nitrogens with zero attached hydrogens (tertiary/aromatic N) is 6. The second-order valence-corrected chi connectivity index (χ2v) is 5.65. The Hall–Kier alpha value is -3.03. The number of hydrogen-bond donors (Lipinski definition) is 1. The zero-order valence-electron chi connectivity index (χ0n) is 13.8. The number of nitrogens with two attached hydrogens (primary N) is 1. The number of hydrogen-bond acceptors (Lipinski definition) is 6. The molecule has 3 heterocycles. The number of amides is 1. The van der Waals surface area contributed by atoms with Crippen LogP contribution in [-0.2, 0) is 0 Å². The van der Waals surface area contributed by atoms with Gasteiger partial charge in [-0.15, -0.1) is 5.10 Å². The Morgan fingerprint density at radius 1 is 1.38 bits per heavy atom. The summed E-state index contributed by atoms with van der Waals surface area (Å²) in [6.07, 6.45) is 6.53. The molecule has 0 spiro atoms. The van der Waals surface area contributed by atoms with E-state index in [-0.39, 0.29) is 17.8 Å². The molecule has 0 atom stereocenters. The Kier molecular flexibility index (Phi) is 4.11. The number of fused-ring (bicyclic) bond motifs is 1. The van der Waals surface area contributed by atoms with Crippen molar-refractivity contribution in [2.24, 2.45) is 0 Å². The number of carbonyl (C=O) groups excluding carboxylic acids is 1.